The molecule has 0 aliphatic heterocycles. The summed E-state index contributed by atoms with van der Waals surface area (Å²) in [6.45, 7) is 1.01. The highest BCUT2D eigenvalue weighted by molar-refractivity contribution is 5.54. The largest absolute Gasteiger partial charge is 0.459 e. The molecular weight excluding hydrogens is 343 g/mol. The van der Waals surface area contributed by atoms with E-state index in [1.165, 1.54) is 0 Å². The van der Waals surface area contributed by atoms with E-state index < -0.39 is 31.0 Å². The Morgan fingerprint density at radius 3 is 2.08 bits per heavy atom. The molecule has 0 aliphatic rings. The predicted molar refractivity (Wildman–Crippen MR) is 70.8 cm³/mol. The molecule has 0 radical (unpaired) electrons. The van der Waals surface area contributed by atoms with E-state index in [4.69, 9.17) is 0 Å². The first-order valence-corrected chi connectivity index (χ1v) is 6.73. The van der Waals surface area contributed by atoms with Crippen LogP contribution in [0.15, 0.2) is 30.6 Å². The van der Waals surface area contributed by atoms with Crippen molar-refractivity contribution in [3.63, 3.8) is 0 Å². The fraction of sp³-hybridized carbons (Fsp3) is 0.429. The summed E-state index contributed by atoms with van der Waals surface area (Å²) in [7, 11) is 0. The van der Waals surface area contributed by atoms with E-state index in [9.17, 15) is 30.7 Å². The number of halogens is 7. The van der Waals surface area contributed by atoms with Gasteiger partial charge in [0.15, 0.2) is 5.82 Å². The summed E-state index contributed by atoms with van der Waals surface area (Å²) in [6.07, 6.45) is -7.06. The van der Waals surface area contributed by atoms with Crippen LogP contribution in [0.5, 0.6) is 0 Å². The molecule has 2 aromatic rings. The molecule has 0 fully saturated rings. The van der Waals surface area contributed by atoms with Crippen LogP contribution < -0.4 is 0 Å². The Hall–Kier alpha value is -2.13. The van der Waals surface area contributed by atoms with E-state index in [0.717, 1.165) is 16.6 Å². The van der Waals surface area contributed by atoms with Gasteiger partial charge < -0.3 is 0 Å². The fourth-order valence-electron chi connectivity index (χ4n) is 1.86. The van der Waals surface area contributed by atoms with Crippen LogP contribution >= 0.6 is 0 Å². The number of aryl methyl sites for hydroxylation is 2. The van der Waals surface area contributed by atoms with E-state index in [0.29, 0.717) is 5.56 Å². The maximum Gasteiger partial charge on any atom is 0.459 e. The van der Waals surface area contributed by atoms with Crippen molar-refractivity contribution < 1.29 is 30.7 Å². The highest BCUT2D eigenvalue weighted by atomic mass is 19.4. The zero-order chi connectivity index (χ0) is 18.2. The smallest absolute Gasteiger partial charge is 0.252 e. The molecule has 3 nitrogen and oxygen atoms in total. The molecule has 0 atom stereocenters. The number of rotatable bonds is 5. The molecule has 0 saturated carbocycles. The minimum absolute atomic E-state index is 0.154. The third-order valence-corrected chi connectivity index (χ3v) is 3.32. The molecule has 0 saturated heterocycles. The SMILES string of the molecule is Cc1ccc(-c2ncn(CCC(F)(F)C(F)(F)C(F)(F)F)n2)cc1. The van der Waals surface area contributed by atoms with Crippen LogP contribution in [0.2, 0.25) is 0 Å². The van der Waals surface area contributed by atoms with Crippen LogP contribution in [0.1, 0.15) is 12.0 Å². The van der Waals surface area contributed by atoms with Gasteiger partial charge in [0.1, 0.15) is 6.33 Å². The second kappa shape index (κ2) is 6.06. The molecule has 2 rings (SSSR count). The first-order chi connectivity index (χ1) is 10.9. The van der Waals surface area contributed by atoms with E-state index in [1.807, 2.05) is 6.92 Å². The third kappa shape index (κ3) is 3.51. The Morgan fingerprint density at radius 2 is 1.54 bits per heavy atom. The van der Waals surface area contributed by atoms with Gasteiger partial charge in [0.05, 0.1) is 0 Å². The summed E-state index contributed by atoms with van der Waals surface area (Å²) < 4.78 is 89.0. The predicted octanol–water partition coefficient (Wildman–Crippen LogP) is 4.48. The standard InChI is InChI=1S/C14H12F7N3/c1-9-2-4-10(5-3-9)11-22-8-24(23-11)7-6-12(15,16)13(17,18)14(19,20)21/h2-5,8H,6-7H2,1H3. The van der Waals surface area contributed by atoms with Crippen molar-refractivity contribution in [3.8, 4) is 11.4 Å². The first-order valence-electron chi connectivity index (χ1n) is 6.73. The monoisotopic (exact) mass is 355 g/mol. The summed E-state index contributed by atoms with van der Waals surface area (Å²) in [5, 5.41) is 3.80. The molecule has 132 valence electrons. The summed E-state index contributed by atoms with van der Waals surface area (Å²) in [5.74, 6) is -11.2. The molecule has 0 amide bonds. The van der Waals surface area contributed by atoms with E-state index >= 15 is 0 Å². The highest BCUT2D eigenvalue weighted by Gasteiger charge is 2.72. The van der Waals surface area contributed by atoms with Crippen molar-refractivity contribution in [1.29, 1.82) is 0 Å². The maximum absolute atomic E-state index is 13.2. The third-order valence-electron chi connectivity index (χ3n) is 3.32. The van der Waals surface area contributed by atoms with Gasteiger partial charge in [-0.3, -0.25) is 4.68 Å². The van der Waals surface area contributed by atoms with Gasteiger partial charge in [-0.2, -0.15) is 35.8 Å². The van der Waals surface area contributed by atoms with Gasteiger partial charge in [-0.05, 0) is 6.92 Å². The molecule has 0 spiro atoms. The normalized spacial score (nSPS) is 13.3. The number of alkyl halides is 7. The zero-order valence-corrected chi connectivity index (χ0v) is 12.3. The van der Waals surface area contributed by atoms with Crippen molar-refractivity contribution in [1.82, 2.24) is 14.8 Å². The molecular formula is C14H12F7N3. The molecule has 1 aromatic carbocycles. The molecule has 1 aromatic heterocycles. The maximum atomic E-state index is 13.2. The van der Waals surface area contributed by atoms with Crippen LogP contribution in [-0.2, 0) is 6.54 Å². The average Bonchev–Trinajstić information content (AvgIpc) is 2.93. The molecule has 10 heteroatoms. The van der Waals surface area contributed by atoms with Gasteiger partial charge in [0.2, 0.25) is 0 Å². The van der Waals surface area contributed by atoms with Crippen molar-refractivity contribution in [2.24, 2.45) is 0 Å². The lowest BCUT2D eigenvalue weighted by Crippen LogP contribution is -2.52. The van der Waals surface area contributed by atoms with Gasteiger partial charge in [0.25, 0.3) is 0 Å². The van der Waals surface area contributed by atoms with Crippen molar-refractivity contribution >= 4 is 0 Å². The van der Waals surface area contributed by atoms with Gasteiger partial charge in [-0.25, -0.2) is 4.98 Å². The molecule has 0 unspecified atom stereocenters. The summed E-state index contributed by atoms with van der Waals surface area (Å²) in [6, 6.07) is 6.85. The Kier molecular flexibility index (Phi) is 4.60. The fourth-order valence-corrected chi connectivity index (χ4v) is 1.86. The summed E-state index contributed by atoms with van der Waals surface area (Å²) in [5.41, 5.74) is 1.53. The second-order valence-electron chi connectivity index (χ2n) is 5.22. The van der Waals surface area contributed by atoms with Crippen LogP contribution in [0.25, 0.3) is 11.4 Å². The summed E-state index contributed by atoms with van der Waals surface area (Å²) >= 11 is 0. The Labute approximate surface area is 132 Å². The lowest BCUT2D eigenvalue weighted by molar-refractivity contribution is -0.356. The lowest BCUT2D eigenvalue weighted by Gasteiger charge is -2.27. The molecule has 1 heterocycles. The molecule has 0 bridgehead atoms. The van der Waals surface area contributed by atoms with Gasteiger partial charge in [0, 0.05) is 18.5 Å². The van der Waals surface area contributed by atoms with E-state index in [2.05, 4.69) is 10.1 Å². The Bertz CT molecular complexity index is 689. The topological polar surface area (TPSA) is 30.7 Å². The van der Waals surface area contributed by atoms with Crippen molar-refractivity contribution in [3.05, 3.63) is 36.2 Å². The second-order valence-corrected chi connectivity index (χ2v) is 5.22. The number of hydrogen-bond acceptors (Lipinski definition) is 2. The van der Waals surface area contributed by atoms with Gasteiger partial charge in [-0.15, -0.1) is 0 Å². The number of benzene rings is 1. The number of hydrogen-bond donors (Lipinski definition) is 0. The lowest BCUT2D eigenvalue weighted by atomic mass is 10.1. The van der Waals surface area contributed by atoms with Gasteiger partial charge in [-0.1, -0.05) is 29.8 Å². The molecule has 24 heavy (non-hydrogen) atoms. The molecule has 0 aliphatic carbocycles. The average molecular weight is 355 g/mol. The van der Waals surface area contributed by atoms with Gasteiger partial charge >= 0.3 is 18.0 Å². The van der Waals surface area contributed by atoms with Crippen LogP contribution in [0, 0.1) is 6.92 Å². The minimum atomic E-state index is -6.33. The van der Waals surface area contributed by atoms with E-state index in [1.54, 1.807) is 24.3 Å². The van der Waals surface area contributed by atoms with Crippen LogP contribution in [-0.4, -0.2) is 32.8 Å². The van der Waals surface area contributed by atoms with Crippen LogP contribution in [0.4, 0.5) is 30.7 Å². The van der Waals surface area contributed by atoms with Crippen molar-refractivity contribution in [2.45, 2.75) is 37.9 Å². The quantitative estimate of drug-likeness (QED) is 0.741. The van der Waals surface area contributed by atoms with E-state index in [-0.39, 0.29) is 5.82 Å². The highest BCUT2D eigenvalue weighted by Crippen LogP contribution is 2.48. The molecule has 0 N–H and O–H groups in total. The number of aromatic nitrogens is 3. The van der Waals surface area contributed by atoms with Crippen molar-refractivity contribution in [2.75, 3.05) is 0 Å². The summed E-state index contributed by atoms with van der Waals surface area (Å²) in [4.78, 5) is 3.82. The number of nitrogens with zero attached hydrogens (tertiary/aromatic N) is 3. The Morgan fingerprint density at radius 1 is 0.958 bits per heavy atom. The minimum Gasteiger partial charge on any atom is -0.252 e. The zero-order valence-electron chi connectivity index (χ0n) is 12.3. The first kappa shape index (κ1) is 18.2. The van der Waals surface area contributed by atoms with Crippen LogP contribution in [0.3, 0.4) is 0 Å². The Balaban J connectivity index is 2.09.